The number of benzene rings is 1. The number of methoxy groups -OCH3 is 1. The van der Waals surface area contributed by atoms with E-state index in [1.54, 1.807) is 20.1 Å². The maximum Gasteiger partial charge on any atom is 0.337 e. The monoisotopic (exact) mass is 245 g/mol. The maximum absolute atomic E-state index is 11.0. The second kappa shape index (κ2) is 4.56. The van der Waals surface area contributed by atoms with Crippen LogP contribution >= 0.6 is 0 Å². The molecule has 0 aliphatic carbocycles. The highest BCUT2D eigenvalue weighted by Gasteiger charge is 2.14. The van der Waals surface area contributed by atoms with E-state index in [1.807, 2.05) is 25.1 Å². The number of H-pyrrole nitrogens is 1. The number of aromatic nitrogens is 1. The molecule has 4 nitrogen and oxygen atoms in total. The first kappa shape index (κ1) is 12.2. The zero-order valence-electron chi connectivity index (χ0n) is 10.6. The van der Waals surface area contributed by atoms with E-state index in [0.717, 1.165) is 22.6 Å². The second-order valence-electron chi connectivity index (χ2n) is 4.23. The molecule has 0 atom stereocenters. The molecule has 0 saturated carbocycles. The molecule has 0 amide bonds. The van der Waals surface area contributed by atoms with Gasteiger partial charge in [-0.2, -0.15) is 0 Å². The predicted molar refractivity (Wildman–Crippen MR) is 69.2 cm³/mol. The summed E-state index contributed by atoms with van der Waals surface area (Å²) in [5.41, 5.74) is 3.64. The zero-order valence-corrected chi connectivity index (χ0v) is 10.6. The minimum Gasteiger partial charge on any atom is -0.496 e. The lowest BCUT2D eigenvalue weighted by Crippen LogP contribution is -1.95. The van der Waals surface area contributed by atoms with Crippen LogP contribution < -0.4 is 4.74 Å². The summed E-state index contributed by atoms with van der Waals surface area (Å²) in [5, 5.41) is 9.06. The van der Waals surface area contributed by atoms with Crippen molar-refractivity contribution in [1.29, 1.82) is 0 Å². The fourth-order valence-corrected chi connectivity index (χ4v) is 1.96. The van der Waals surface area contributed by atoms with E-state index in [9.17, 15) is 4.79 Å². The standard InChI is InChI=1S/C14H15NO3/c1-8-4-5-13(18-3)11(6-8)12-7-10(14(16)17)9(2)15-12/h4-7,15H,1-3H3,(H,16,17). The number of aromatic amines is 1. The van der Waals surface area contributed by atoms with Gasteiger partial charge in [-0.25, -0.2) is 4.79 Å². The molecule has 0 radical (unpaired) electrons. The highest BCUT2D eigenvalue weighted by Crippen LogP contribution is 2.31. The van der Waals surface area contributed by atoms with Gasteiger partial charge in [-0.3, -0.25) is 0 Å². The van der Waals surface area contributed by atoms with Crippen LogP contribution in [0.15, 0.2) is 24.3 Å². The van der Waals surface area contributed by atoms with Gasteiger partial charge in [0, 0.05) is 11.3 Å². The summed E-state index contributed by atoms with van der Waals surface area (Å²) in [6.45, 7) is 3.73. The highest BCUT2D eigenvalue weighted by molar-refractivity contribution is 5.91. The van der Waals surface area contributed by atoms with Gasteiger partial charge in [0.2, 0.25) is 0 Å². The van der Waals surface area contributed by atoms with Crippen molar-refractivity contribution in [3.8, 4) is 17.0 Å². The van der Waals surface area contributed by atoms with Gasteiger partial charge in [0.25, 0.3) is 0 Å². The largest absolute Gasteiger partial charge is 0.496 e. The van der Waals surface area contributed by atoms with Gasteiger partial charge in [0.1, 0.15) is 5.75 Å². The van der Waals surface area contributed by atoms with Crippen LogP contribution in [-0.2, 0) is 0 Å². The van der Waals surface area contributed by atoms with Gasteiger partial charge < -0.3 is 14.8 Å². The first-order chi connectivity index (χ1) is 8.52. The van der Waals surface area contributed by atoms with Crippen LogP contribution in [0.25, 0.3) is 11.3 Å². The number of hydrogen-bond donors (Lipinski definition) is 2. The molecule has 0 fully saturated rings. The molecule has 2 N–H and O–H groups in total. The lowest BCUT2D eigenvalue weighted by atomic mass is 10.1. The molecule has 0 unspecified atom stereocenters. The van der Waals surface area contributed by atoms with Crippen molar-refractivity contribution in [2.45, 2.75) is 13.8 Å². The Morgan fingerprint density at radius 1 is 1.28 bits per heavy atom. The molecule has 2 rings (SSSR count). The lowest BCUT2D eigenvalue weighted by molar-refractivity contribution is 0.0696. The van der Waals surface area contributed by atoms with Gasteiger partial charge in [0.15, 0.2) is 0 Å². The average molecular weight is 245 g/mol. The molecule has 18 heavy (non-hydrogen) atoms. The minimum absolute atomic E-state index is 0.286. The van der Waals surface area contributed by atoms with Gasteiger partial charge >= 0.3 is 5.97 Å². The normalized spacial score (nSPS) is 10.4. The quantitative estimate of drug-likeness (QED) is 0.873. The van der Waals surface area contributed by atoms with Crippen molar-refractivity contribution in [2.24, 2.45) is 0 Å². The Morgan fingerprint density at radius 3 is 2.56 bits per heavy atom. The Bertz CT molecular complexity index is 599. The number of aromatic carboxylic acids is 1. The number of nitrogens with one attached hydrogen (secondary N) is 1. The molecular weight excluding hydrogens is 230 g/mol. The Labute approximate surface area is 105 Å². The van der Waals surface area contributed by atoms with Crippen LogP contribution in [0.5, 0.6) is 5.75 Å². The van der Waals surface area contributed by atoms with Crippen molar-refractivity contribution in [3.63, 3.8) is 0 Å². The van der Waals surface area contributed by atoms with E-state index >= 15 is 0 Å². The average Bonchev–Trinajstić information content (AvgIpc) is 2.71. The highest BCUT2D eigenvalue weighted by atomic mass is 16.5. The number of hydrogen-bond acceptors (Lipinski definition) is 2. The number of carboxylic acid groups (broad SMARTS) is 1. The van der Waals surface area contributed by atoms with Crippen LogP contribution in [0.4, 0.5) is 0 Å². The summed E-state index contributed by atoms with van der Waals surface area (Å²) < 4.78 is 5.30. The SMILES string of the molecule is COc1ccc(C)cc1-c1cc(C(=O)O)c(C)[nH]1. The molecule has 0 saturated heterocycles. The van der Waals surface area contributed by atoms with Crippen LogP contribution in [0.2, 0.25) is 0 Å². The van der Waals surface area contributed by atoms with Crippen molar-refractivity contribution < 1.29 is 14.6 Å². The van der Waals surface area contributed by atoms with E-state index in [-0.39, 0.29) is 5.56 Å². The van der Waals surface area contributed by atoms with Gasteiger partial charge in [0.05, 0.1) is 18.4 Å². The first-order valence-corrected chi connectivity index (χ1v) is 5.61. The Balaban J connectivity index is 2.58. The van der Waals surface area contributed by atoms with Crippen LogP contribution in [0, 0.1) is 13.8 Å². The second-order valence-corrected chi connectivity index (χ2v) is 4.23. The predicted octanol–water partition coefficient (Wildman–Crippen LogP) is 3.01. The summed E-state index contributed by atoms with van der Waals surface area (Å²) >= 11 is 0. The van der Waals surface area contributed by atoms with Crippen molar-refractivity contribution in [1.82, 2.24) is 4.98 Å². The van der Waals surface area contributed by atoms with Crippen molar-refractivity contribution >= 4 is 5.97 Å². The minimum atomic E-state index is -0.929. The third-order valence-electron chi connectivity index (χ3n) is 2.89. The van der Waals surface area contributed by atoms with Crippen molar-refractivity contribution in [3.05, 3.63) is 41.1 Å². The van der Waals surface area contributed by atoms with Gasteiger partial charge in [-0.1, -0.05) is 11.6 Å². The molecule has 1 aromatic carbocycles. The molecule has 0 bridgehead atoms. The van der Waals surface area contributed by atoms with Crippen LogP contribution in [0.1, 0.15) is 21.6 Å². The Kier molecular flexibility index (Phi) is 3.10. The van der Waals surface area contributed by atoms with Crippen molar-refractivity contribution in [2.75, 3.05) is 7.11 Å². The third kappa shape index (κ3) is 2.09. The zero-order chi connectivity index (χ0) is 13.3. The van der Waals surface area contributed by atoms with E-state index < -0.39 is 5.97 Å². The molecule has 0 spiro atoms. The smallest absolute Gasteiger partial charge is 0.337 e. The number of carboxylic acids is 1. The van der Waals surface area contributed by atoms with E-state index in [2.05, 4.69) is 4.98 Å². The molecule has 0 aliphatic heterocycles. The molecule has 94 valence electrons. The summed E-state index contributed by atoms with van der Waals surface area (Å²) in [6.07, 6.45) is 0. The number of aryl methyl sites for hydroxylation is 2. The van der Waals surface area contributed by atoms with E-state index in [0.29, 0.717) is 5.69 Å². The summed E-state index contributed by atoms with van der Waals surface area (Å²) in [4.78, 5) is 14.1. The molecule has 1 heterocycles. The molecule has 2 aromatic rings. The third-order valence-corrected chi connectivity index (χ3v) is 2.89. The molecule has 0 aliphatic rings. The van der Waals surface area contributed by atoms with Gasteiger partial charge in [-0.15, -0.1) is 0 Å². The van der Waals surface area contributed by atoms with Crippen LogP contribution in [0.3, 0.4) is 0 Å². The summed E-state index contributed by atoms with van der Waals surface area (Å²) in [5.74, 6) is -0.208. The number of carbonyl (C=O) groups is 1. The van der Waals surface area contributed by atoms with E-state index in [1.165, 1.54) is 0 Å². The van der Waals surface area contributed by atoms with Gasteiger partial charge in [-0.05, 0) is 32.0 Å². The van der Waals surface area contributed by atoms with E-state index in [4.69, 9.17) is 9.84 Å². The molecule has 4 heteroatoms. The fourth-order valence-electron chi connectivity index (χ4n) is 1.96. The lowest BCUT2D eigenvalue weighted by Gasteiger charge is -2.07. The number of ether oxygens (including phenoxy) is 1. The maximum atomic E-state index is 11.0. The Hall–Kier alpha value is -2.23. The first-order valence-electron chi connectivity index (χ1n) is 5.61. The summed E-state index contributed by atoms with van der Waals surface area (Å²) in [6, 6.07) is 7.43. The number of rotatable bonds is 3. The fraction of sp³-hybridized carbons (Fsp3) is 0.214. The molecular formula is C14H15NO3. The van der Waals surface area contributed by atoms with Crippen LogP contribution in [-0.4, -0.2) is 23.2 Å². The Morgan fingerprint density at radius 2 is 2.00 bits per heavy atom. The summed E-state index contributed by atoms with van der Waals surface area (Å²) in [7, 11) is 1.60. The molecule has 1 aromatic heterocycles. The topological polar surface area (TPSA) is 62.3 Å².